The van der Waals surface area contributed by atoms with Gasteiger partial charge < -0.3 is 4.98 Å². The Morgan fingerprint density at radius 3 is 2.59 bits per heavy atom. The minimum atomic E-state index is 0.771. The van der Waals surface area contributed by atoms with Crippen molar-refractivity contribution in [2.75, 3.05) is 0 Å². The number of hydrogen-bond acceptors (Lipinski definition) is 4. The minimum absolute atomic E-state index is 0.771. The number of thiophene rings is 1. The van der Waals surface area contributed by atoms with Gasteiger partial charge in [0.15, 0.2) is 0 Å². The summed E-state index contributed by atoms with van der Waals surface area (Å²) < 4.78 is 0. The molecule has 1 aliphatic carbocycles. The lowest BCUT2D eigenvalue weighted by molar-refractivity contribution is 1.12. The number of benzene rings is 1. The standard InChI is InChI=1S/C26H19N5S/c1-2-16(1)24-5-6-25(32-24)20-13-28-14-23-18(20)12-22(29-23)26-19-11-17(3-4-21(19)30-31-26)15-7-9-27-10-8-15/h3-14,16,29H,1-2H2,(H,30,31). The zero-order valence-electron chi connectivity index (χ0n) is 17.2. The molecule has 5 aromatic heterocycles. The van der Waals surface area contributed by atoms with E-state index in [-0.39, 0.29) is 0 Å². The molecule has 5 heterocycles. The summed E-state index contributed by atoms with van der Waals surface area (Å²) in [6, 6.07) is 17.2. The number of fused-ring (bicyclic) bond motifs is 2. The van der Waals surface area contributed by atoms with Crippen molar-refractivity contribution in [3.05, 3.63) is 78.2 Å². The summed E-state index contributed by atoms with van der Waals surface area (Å²) in [5.41, 5.74) is 7.42. The highest BCUT2D eigenvalue weighted by atomic mass is 32.1. The van der Waals surface area contributed by atoms with Gasteiger partial charge in [0, 0.05) is 44.7 Å². The van der Waals surface area contributed by atoms with Gasteiger partial charge in [-0.05, 0) is 72.4 Å². The van der Waals surface area contributed by atoms with E-state index in [4.69, 9.17) is 0 Å². The number of H-pyrrole nitrogens is 2. The third-order valence-electron chi connectivity index (χ3n) is 6.25. The van der Waals surface area contributed by atoms with Crippen LogP contribution in [0.5, 0.6) is 0 Å². The Bertz CT molecular complexity index is 1590. The molecule has 2 N–H and O–H groups in total. The van der Waals surface area contributed by atoms with E-state index in [0.717, 1.165) is 44.9 Å². The predicted octanol–water partition coefficient (Wildman–Crippen LogP) is 6.77. The zero-order valence-corrected chi connectivity index (χ0v) is 18.0. The third kappa shape index (κ3) is 2.87. The van der Waals surface area contributed by atoms with Crippen LogP contribution in [-0.4, -0.2) is 25.1 Å². The van der Waals surface area contributed by atoms with E-state index < -0.39 is 0 Å². The number of hydrogen-bond donors (Lipinski definition) is 2. The lowest BCUT2D eigenvalue weighted by atomic mass is 10.0. The average molecular weight is 434 g/mol. The topological polar surface area (TPSA) is 70.2 Å². The van der Waals surface area contributed by atoms with E-state index in [9.17, 15) is 0 Å². The second-order valence-electron chi connectivity index (χ2n) is 8.38. The molecule has 0 aliphatic heterocycles. The number of pyridine rings is 2. The lowest BCUT2D eigenvalue weighted by Crippen LogP contribution is -1.81. The Kier molecular flexibility index (Phi) is 3.83. The van der Waals surface area contributed by atoms with Crippen molar-refractivity contribution in [3.8, 4) is 33.0 Å². The smallest absolute Gasteiger partial charge is 0.116 e. The molecule has 154 valence electrons. The highest BCUT2D eigenvalue weighted by Gasteiger charge is 2.25. The van der Waals surface area contributed by atoms with Gasteiger partial charge in [0.2, 0.25) is 0 Å². The van der Waals surface area contributed by atoms with Crippen molar-refractivity contribution in [1.82, 2.24) is 25.1 Å². The van der Waals surface area contributed by atoms with Gasteiger partial charge in [0.05, 0.1) is 22.9 Å². The van der Waals surface area contributed by atoms with Crippen LogP contribution in [0.2, 0.25) is 0 Å². The van der Waals surface area contributed by atoms with Crippen LogP contribution in [0.25, 0.3) is 54.8 Å². The first-order chi connectivity index (χ1) is 15.8. The Balaban J connectivity index is 1.36. The molecule has 6 heteroatoms. The monoisotopic (exact) mass is 433 g/mol. The summed E-state index contributed by atoms with van der Waals surface area (Å²) in [5, 5.41) is 10.1. The van der Waals surface area contributed by atoms with Crippen molar-refractivity contribution in [2.45, 2.75) is 18.8 Å². The van der Waals surface area contributed by atoms with Crippen LogP contribution in [0.15, 0.2) is 73.3 Å². The zero-order chi connectivity index (χ0) is 21.1. The molecular weight excluding hydrogens is 414 g/mol. The molecule has 0 amide bonds. The van der Waals surface area contributed by atoms with Gasteiger partial charge in [-0.3, -0.25) is 15.1 Å². The first-order valence-electron chi connectivity index (χ1n) is 10.8. The van der Waals surface area contributed by atoms with E-state index in [1.165, 1.54) is 33.5 Å². The molecule has 1 saturated carbocycles. The molecule has 1 aromatic carbocycles. The summed E-state index contributed by atoms with van der Waals surface area (Å²) in [5.74, 6) is 0.771. The Morgan fingerprint density at radius 1 is 0.812 bits per heavy atom. The van der Waals surface area contributed by atoms with Gasteiger partial charge in [0.1, 0.15) is 5.69 Å². The minimum Gasteiger partial charge on any atom is -0.352 e. The lowest BCUT2D eigenvalue weighted by Gasteiger charge is -2.02. The molecule has 0 atom stereocenters. The van der Waals surface area contributed by atoms with Crippen molar-refractivity contribution in [1.29, 1.82) is 0 Å². The van der Waals surface area contributed by atoms with Gasteiger partial charge in [-0.1, -0.05) is 6.07 Å². The Labute approximate surface area is 188 Å². The predicted molar refractivity (Wildman–Crippen MR) is 130 cm³/mol. The molecule has 0 radical (unpaired) electrons. The maximum Gasteiger partial charge on any atom is 0.116 e. The number of nitrogens with one attached hydrogen (secondary N) is 2. The second-order valence-corrected chi connectivity index (χ2v) is 9.49. The summed E-state index contributed by atoms with van der Waals surface area (Å²) in [4.78, 5) is 15.0. The van der Waals surface area contributed by atoms with Crippen LogP contribution in [0.3, 0.4) is 0 Å². The first kappa shape index (κ1) is 17.9. The largest absolute Gasteiger partial charge is 0.352 e. The number of aromatic amines is 2. The number of nitrogens with zero attached hydrogens (tertiary/aromatic N) is 3. The van der Waals surface area contributed by atoms with Gasteiger partial charge >= 0.3 is 0 Å². The van der Waals surface area contributed by atoms with Crippen LogP contribution in [-0.2, 0) is 0 Å². The SMILES string of the molecule is c1cc(-c2ccc3[nH]nc(-c4cc5c(-c6ccc(C7CC7)s6)cncc5[nH]4)c3c2)ccn1. The van der Waals surface area contributed by atoms with Crippen molar-refractivity contribution in [2.24, 2.45) is 0 Å². The fraction of sp³-hybridized carbons (Fsp3) is 0.115. The highest BCUT2D eigenvalue weighted by Crippen LogP contribution is 2.46. The fourth-order valence-electron chi connectivity index (χ4n) is 4.40. The van der Waals surface area contributed by atoms with Gasteiger partial charge in [-0.25, -0.2) is 0 Å². The maximum atomic E-state index is 4.65. The molecule has 1 aliphatic rings. The van der Waals surface area contributed by atoms with E-state index in [1.807, 2.05) is 48.3 Å². The van der Waals surface area contributed by atoms with Gasteiger partial charge in [-0.2, -0.15) is 5.10 Å². The Morgan fingerprint density at radius 2 is 1.72 bits per heavy atom. The maximum absolute atomic E-state index is 4.65. The van der Waals surface area contributed by atoms with Crippen LogP contribution < -0.4 is 0 Å². The van der Waals surface area contributed by atoms with E-state index in [2.05, 4.69) is 61.5 Å². The van der Waals surface area contributed by atoms with E-state index in [1.54, 1.807) is 0 Å². The summed E-state index contributed by atoms with van der Waals surface area (Å²) in [7, 11) is 0. The molecule has 7 rings (SSSR count). The molecular formula is C26H19N5S. The molecule has 1 fully saturated rings. The van der Waals surface area contributed by atoms with Crippen LogP contribution in [0, 0.1) is 0 Å². The quantitative estimate of drug-likeness (QED) is 0.322. The van der Waals surface area contributed by atoms with Crippen LogP contribution in [0.1, 0.15) is 23.6 Å². The normalized spacial score (nSPS) is 13.9. The Hall–Kier alpha value is -3.77. The number of aromatic nitrogens is 5. The van der Waals surface area contributed by atoms with E-state index in [0.29, 0.717) is 0 Å². The first-order valence-corrected chi connectivity index (χ1v) is 11.6. The second kappa shape index (κ2) is 6.87. The van der Waals surface area contributed by atoms with Crippen molar-refractivity contribution >= 4 is 33.1 Å². The van der Waals surface area contributed by atoms with Crippen molar-refractivity contribution < 1.29 is 0 Å². The van der Waals surface area contributed by atoms with Crippen molar-refractivity contribution in [3.63, 3.8) is 0 Å². The van der Waals surface area contributed by atoms with Crippen LogP contribution in [0.4, 0.5) is 0 Å². The number of rotatable bonds is 4. The fourth-order valence-corrected chi connectivity index (χ4v) is 5.60. The van der Waals surface area contributed by atoms with Crippen LogP contribution >= 0.6 is 11.3 Å². The highest BCUT2D eigenvalue weighted by molar-refractivity contribution is 7.15. The molecule has 32 heavy (non-hydrogen) atoms. The average Bonchev–Trinajstić information content (AvgIpc) is 3.24. The van der Waals surface area contributed by atoms with E-state index >= 15 is 0 Å². The third-order valence-corrected chi connectivity index (χ3v) is 7.53. The molecule has 5 nitrogen and oxygen atoms in total. The molecule has 0 spiro atoms. The summed E-state index contributed by atoms with van der Waals surface area (Å²) >= 11 is 1.90. The molecule has 6 aromatic rings. The summed E-state index contributed by atoms with van der Waals surface area (Å²) in [6.07, 6.45) is 10.2. The van der Waals surface area contributed by atoms with Gasteiger partial charge in [0.25, 0.3) is 0 Å². The molecule has 0 unspecified atom stereocenters. The summed E-state index contributed by atoms with van der Waals surface area (Å²) in [6.45, 7) is 0. The van der Waals surface area contributed by atoms with Gasteiger partial charge in [-0.15, -0.1) is 11.3 Å². The molecule has 0 saturated heterocycles. The molecule has 0 bridgehead atoms.